The van der Waals surface area contributed by atoms with Crippen LogP contribution in [0, 0.1) is 0 Å². The first kappa shape index (κ1) is 114. The lowest BCUT2D eigenvalue weighted by atomic mass is 10.1. The number of ether oxygens (including phenoxy) is 8. The Hall–Kier alpha value is -10.0. The summed E-state index contributed by atoms with van der Waals surface area (Å²) in [7, 11) is 2.45. The zero-order valence-corrected chi connectivity index (χ0v) is 81.8. The monoisotopic (exact) mass is 1850 g/mol. The molecule has 0 aliphatic carbocycles. The Bertz CT molecular complexity index is 3400. The van der Waals surface area contributed by atoms with Crippen molar-refractivity contribution in [3.8, 4) is 0 Å². The van der Waals surface area contributed by atoms with E-state index in [1.54, 1.807) is 200 Å². The molecule has 0 fully saturated rings. The Morgan fingerprint density at radius 2 is 0.453 bits per heavy atom. The Morgan fingerprint density at radius 1 is 0.266 bits per heavy atom. The molecule has 4 atom stereocenters. The third-order valence-corrected chi connectivity index (χ3v) is 18.9. The lowest BCUT2D eigenvalue weighted by Crippen LogP contribution is -2.49. The average molecular weight is 1850 g/mol. The second kappa shape index (κ2) is 55.8. The van der Waals surface area contributed by atoms with Crippen molar-refractivity contribution in [3.63, 3.8) is 0 Å². The SMILES string of the molecule is CC(C)(C)OC(=O)NCCCCC(NC(=O)OC(C)(C)C)C(=O)NCCCN(CCCNC(=O)C(CCCCNC(=O)OC(C)(C)C)NC(=O)OC(C)(C)C)C(=O)c1ccc(SSc2ccc(C(=O)N(CCCNC(=O)C(CCCCNC(=O)OC(C)(C)C)NC(=O)OC(C)(C)C)CCCNC(=O)C(CCCCNC(=O)OC(C)(C)C)NC(=O)OC(C)(C)C)cn2)nc1. The van der Waals surface area contributed by atoms with Crippen molar-refractivity contribution in [2.75, 3.05) is 78.5 Å². The van der Waals surface area contributed by atoms with Crippen molar-refractivity contribution in [3.05, 3.63) is 47.8 Å². The number of hydrogen-bond donors (Lipinski definition) is 12. The number of carbonyl (C=O) groups excluding carboxylic acids is 14. The third kappa shape index (κ3) is 57.7. The van der Waals surface area contributed by atoms with Crippen molar-refractivity contribution in [1.82, 2.24) is 83.6 Å². The molecule has 0 bridgehead atoms. The van der Waals surface area contributed by atoms with Crippen molar-refractivity contribution >= 4 is 106 Å². The lowest BCUT2D eigenvalue weighted by molar-refractivity contribution is -0.124. The minimum Gasteiger partial charge on any atom is -0.444 e. The van der Waals surface area contributed by atoms with Gasteiger partial charge in [-0.2, -0.15) is 0 Å². The van der Waals surface area contributed by atoms with Gasteiger partial charge in [0.25, 0.3) is 11.8 Å². The maximum atomic E-state index is 14.6. The summed E-state index contributed by atoms with van der Waals surface area (Å²) in [5.41, 5.74) is -5.84. The fraction of sp³-hybridized carbons (Fsp3) is 0.727. The molecule has 0 saturated carbocycles. The largest absolute Gasteiger partial charge is 0.444 e. The molecule has 2 aromatic rings. The van der Waals surface area contributed by atoms with Crippen LogP contribution in [0.4, 0.5) is 38.4 Å². The van der Waals surface area contributed by atoms with Gasteiger partial charge < -0.3 is 111 Å². The normalized spacial score (nSPS) is 12.8. The average Bonchev–Trinajstić information content (AvgIpc) is 0.847. The van der Waals surface area contributed by atoms with Gasteiger partial charge in [-0.25, -0.2) is 48.3 Å². The number of unbranched alkanes of at least 4 members (excludes halogenated alkanes) is 4. The number of alkyl carbamates (subject to hydrolysis) is 8. The molecule has 14 amide bonds. The predicted octanol–water partition coefficient (Wildman–Crippen LogP) is 12.5. The summed E-state index contributed by atoms with van der Waals surface area (Å²) in [4.78, 5) is 198. The molecular formula is C88H150N16O22S2. The molecule has 38 nitrogen and oxygen atoms in total. The Labute approximate surface area is 764 Å². The van der Waals surface area contributed by atoms with Crippen molar-refractivity contribution in [1.29, 1.82) is 0 Å². The fourth-order valence-electron chi connectivity index (χ4n) is 11.4. The number of pyridine rings is 2. The number of rotatable bonds is 49. The summed E-state index contributed by atoms with van der Waals surface area (Å²) < 4.78 is 43.2. The maximum absolute atomic E-state index is 14.6. The second-order valence-corrected chi connectivity index (χ2v) is 40.8. The molecule has 12 N–H and O–H groups in total. The van der Waals surface area contributed by atoms with Gasteiger partial charge >= 0.3 is 48.7 Å². The molecular weight excluding hydrogens is 1700 g/mol. The van der Waals surface area contributed by atoms with Gasteiger partial charge in [0.1, 0.15) is 79.0 Å². The summed E-state index contributed by atoms with van der Waals surface area (Å²) in [6.45, 7) is 43.0. The Morgan fingerprint density at radius 3 is 0.633 bits per heavy atom. The van der Waals surface area contributed by atoms with Crippen LogP contribution in [0.1, 0.15) is 290 Å². The first-order chi connectivity index (χ1) is 59.2. The van der Waals surface area contributed by atoms with Crippen LogP contribution in [0.2, 0.25) is 0 Å². The zero-order valence-electron chi connectivity index (χ0n) is 80.2. The number of nitrogens with one attached hydrogen (secondary N) is 12. The van der Waals surface area contributed by atoms with E-state index in [-0.39, 0.29) is 141 Å². The van der Waals surface area contributed by atoms with Crippen LogP contribution in [0.25, 0.3) is 0 Å². The smallest absolute Gasteiger partial charge is 0.408 e. The summed E-state index contributed by atoms with van der Waals surface area (Å²) in [5.74, 6) is -2.88. The van der Waals surface area contributed by atoms with Crippen molar-refractivity contribution < 1.29 is 105 Å². The quantitative estimate of drug-likeness (QED) is 0.0166. The van der Waals surface area contributed by atoms with Crippen LogP contribution in [-0.4, -0.2) is 251 Å². The molecule has 2 aromatic heterocycles. The highest BCUT2D eigenvalue weighted by molar-refractivity contribution is 8.76. The molecule has 0 aliphatic rings. The Balaban J connectivity index is 2.49. The van der Waals surface area contributed by atoms with Crippen LogP contribution in [-0.2, 0) is 57.1 Å². The highest BCUT2D eigenvalue weighted by Gasteiger charge is 2.32. The van der Waals surface area contributed by atoms with Gasteiger partial charge in [-0.05, 0) is 315 Å². The molecule has 4 unspecified atom stereocenters. The number of amides is 14. The standard InChI is InChI=1S/C88H150N16O22S2/c1-81(2,3)119-73(111)93-45-29-25-37-61(99-77(115)123-85(13,14)15)67(105)89-49-33-53-103(54-34-50-90-68(106)62(100-78(116)124-86(16,17)18)38-26-30-46-94-74(112)120-82(4,5)6)71(109)59-41-43-65(97-57-59)127-128-66-44-42-60(58-98-66)72(110)104(55-35-51-91-69(107)63(101-79(117)125-87(19,20)21)39-27-31-47-95-75(113)121-83(7,8)9)56-36-52-92-70(108)64(102-80(118)126-88(22,23)24)40-28-32-48-96-76(114)122-84(10,11)12/h41-44,57-58,61-64H,25-40,45-56H2,1-24H3,(H,89,105)(H,90,106)(H,91,107)(H,92,108)(H,93,111)(H,94,112)(H,95,113)(H,96,114)(H,99,115)(H,100,116)(H,101,117)(H,102,118). The highest BCUT2D eigenvalue weighted by atomic mass is 33.1. The van der Waals surface area contributed by atoms with Gasteiger partial charge in [0.2, 0.25) is 23.6 Å². The van der Waals surface area contributed by atoms with E-state index >= 15 is 0 Å². The zero-order chi connectivity index (χ0) is 96.9. The highest BCUT2D eigenvalue weighted by Crippen LogP contribution is 2.35. The van der Waals surface area contributed by atoms with E-state index in [4.69, 9.17) is 37.9 Å². The molecule has 2 heterocycles. The predicted molar refractivity (Wildman–Crippen MR) is 487 cm³/mol. The minimum absolute atomic E-state index is 0.0659. The van der Waals surface area contributed by atoms with Crippen molar-refractivity contribution in [2.45, 2.75) is 348 Å². The molecule has 726 valence electrons. The summed E-state index contributed by atoms with van der Waals surface area (Å²) in [5, 5.41) is 33.9. The molecule has 0 spiro atoms. The van der Waals surface area contributed by atoms with E-state index in [9.17, 15) is 67.1 Å². The summed E-state index contributed by atoms with van der Waals surface area (Å²) >= 11 is 0. The topological polar surface area (TPSA) is 489 Å². The van der Waals surface area contributed by atoms with Gasteiger partial charge in [0.15, 0.2) is 0 Å². The van der Waals surface area contributed by atoms with E-state index < -0.39 is 153 Å². The van der Waals surface area contributed by atoms with E-state index in [0.29, 0.717) is 61.4 Å². The summed E-state index contributed by atoms with van der Waals surface area (Å²) in [6.07, 6.45) is 2.49. The lowest BCUT2D eigenvalue weighted by Gasteiger charge is -2.25. The number of carbonyl (C=O) groups is 14. The molecule has 40 heteroatoms. The third-order valence-electron chi connectivity index (χ3n) is 16.8. The van der Waals surface area contributed by atoms with Crippen LogP contribution in [0.3, 0.4) is 0 Å². The number of nitrogens with zero attached hydrogens (tertiary/aromatic N) is 4. The Kier molecular flexibility index (Phi) is 49.7. The summed E-state index contributed by atoms with van der Waals surface area (Å²) in [6, 6.07) is 2.42. The molecule has 0 aromatic carbocycles. The molecule has 0 radical (unpaired) electrons. The first-order valence-corrected chi connectivity index (χ1v) is 46.2. The van der Waals surface area contributed by atoms with Crippen LogP contribution >= 0.6 is 21.6 Å². The van der Waals surface area contributed by atoms with Crippen LogP contribution in [0.5, 0.6) is 0 Å². The molecule has 2 rings (SSSR count). The second-order valence-electron chi connectivity index (χ2n) is 38.6. The van der Waals surface area contributed by atoms with Gasteiger partial charge in [0.05, 0.1) is 11.1 Å². The van der Waals surface area contributed by atoms with E-state index in [1.165, 1.54) is 34.0 Å². The van der Waals surface area contributed by atoms with E-state index in [1.807, 2.05) is 0 Å². The van der Waals surface area contributed by atoms with Gasteiger partial charge in [-0.1, -0.05) is 0 Å². The van der Waals surface area contributed by atoms with Gasteiger partial charge in [-0.15, -0.1) is 0 Å². The van der Waals surface area contributed by atoms with E-state index in [2.05, 4.69) is 73.8 Å². The van der Waals surface area contributed by atoms with E-state index in [0.717, 1.165) is 0 Å². The molecule has 0 aliphatic heterocycles. The van der Waals surface area contributed by atoms with Crippen LogP contribution in [0.15, 0.2) is 46.7 Å². The van der Waals surface area contributed by atoms with Gasteiger partial charge in [-0.3, -0.25) is 28.8 Å². The number of hydrogen-bond acceptors (Lipinski definition) is 26. The minimum atomic E-state index is -1.03. The van der Waals surface area contributed by atoms with Gasteiger partial charge in [0, 0.05) is 90.9 Å². The first-order valence-electron chi connectivity index (χ1n) is 44.0. The molecule has 128 heavy (non-hydrogen) atoms. The van der Waals surface area contributed by atoms with Crippen molar-refractivity contribution in [2.24, 2.45) is 0 Å². The van der Waals surface area contributed by atoms with Crippen LogP contribution < -0.4 is 63.8 Å². The fourth-order valence-corrected chi connectivity index (χ4v) is 13.1. The number of aromatic nitrogens is 2. The maximum Gasteiger partial charge on any atom is 0.408 e. The molecule has 0 saturated heterocycles.